The molecule has 6 N–H and O–H groups in total. The van der Waals surface area contributed by atoms with Gasteiger partial charge in [0.25, 0.3) is 0 Å². The van der Waals surface area contributed by atoms with Gasteiger partial charge in [0, 0.05) is 55.3 Å². The van der Waals surface area contributed by atoms with Gasteiger partial charge in [-0.15, -0.1) is 0 Å². The van der Waals surface area contributed by atoms with Crippen molar-refractivity contribution < 1.29 is 0 Å². The van der Waals surface area contributed by atoms with E-state index < -0.39 is 0 Å². The van der Waals surface area contributed by atoms with E-state index >= 15 is 0 Å². The van der Waals surface area contributed by atoms with Crippen LogP contribution in [0.5, 0.6) is 0 Å². The van der Waals surface area contributed by atoms with Gasteiger partial charge in [-0.3, -0.25) is 5.84 Å². The van der Waals surface area contributed by atoms with Crippen LogP contribution < -0.4 is 22.3 Å². The highest BCUT2D eigenvalue weighted by atomic mass is 15.3. The smallest absolute Gasteiger partial charge is 0.121 e. The van der Waals surface area contributed by atoms with Crippen molar-refractivity contribution in [3.05, 3.63) is 47.8 Å². The van der Waals surface area contributed by atoms with E-state index in [1.807, 2.05) is 13.0 Å². The van der Waals surface area contributed by atoms with Crippen molar-refractivity contribution in [3.63, 3.8) is 0 Å². The molecule has 0 aromatic rings. The fourth-order valence-corrected chi connectivity index (χ4v) is 2.80. The van der Waals surface area contributed by atoms with Gasteiger partial charge < -0.3 is 26.3 Å². The molecule has 1 saturated carbocycles. The highest BCUT2D eigenvalue weighted by Gasteiger charge is 2.25. The van der Waals surface area contributed by atoms with Crippen LogP contribution in [0.4, 0.5) is 0 Å². The van der Waals surface area contributed by atoms with E-state index in [0.29, 0.717) is 17.4 Å². The molecule has 0 spiro atoms. The van der Waals surface area contributed by atoms with E-state index in [-0.39, 0.29) is 0 Å². The summed E-state index contributed by atoms with van der Waals surface area (Å²) in [5.74, 6) is 7.42. The van der Waals surface area contributed by atoms with Crippen LogP contribution >= 0.6 is 0 Å². The molecular formula is C19H33N7. The predicted molar refractivity (Wildman–Crippen MR) is 109 cm³/mol. The molecule has 0 amide bonds. The average Bonchev–Trinajstić information content (AvgIpc) is 3.45. The molecule has 7 nitrogen and oxygen atoms in total. The Morgan fingerprint density at radius 1 is 1.23 bits per heavy atom. The number of allylic oxidation sites excluding steroid dienone is 3. The number of nitrogens with one attached hydrogen (secondary N) is 2. The third-order valence-electron chi connectivity index (χ3n) is 4.77. The van der Waals surface area contributed by atoms with Gasteiger partial charge in [0.15, 0.2) is 0 Å². The quantitative estimate of drug-likeness (QED) is 0.214. The van der Waals surface area contributed by atoms with E-state index in [2.05, 4.69) is 45.7 Å². The van der Waals surface area contributed by atoms with Gasteiger partial charge in [0.1, 0.15) is 11.6 Å². The molecule has 1 saturated heterocycles. The third-order valence-corrected chi connectivity index (χ3v) is 4.77. The fraction of sp³-hybridized carbons (Fsp3) is 0.526. The number of aliphatic imine (C=N–C) groups is 1. The van der Waals surface area contributed by atoms with Crippen molar-refractivity contribution in [2.45, 2.75) is 26.2 Å². The van der Waals surface area contributed by atoms with Crippen LogP contribution in [0, 0.1) is 5.92 Å². The van der Waals surface area contributed by atoms with Crippen LogP contribution in [0.15, 0.2) is 52.8 Å². The highest BCUT2D eigenvalue weighted by Crippen LogP contribution is 2.34. The van der Waals surface area contributed by atoms with Gasteiger partial charge in [0.05, 0.1) is 0 Å². The number of hydrogen-bond donors (Lipinski definition) is 4. The number of hydrazine groups is 1. The minimum atomic E-state index is 0.517. The number of piperazine rings is 1. The summed E-state index contributed by atoms with van der Waals surface area (Å²) in [6.45, 7) is 14.1. The Kier molecular flexibility index (Phi) is 7.29. The van der Waals surface area contributed by atoms with Gasteiger partial charge in [-0.05, 0) is 32.4 Å². The summed E-state index contributed by atoms with van der Waals surface area (Å²) >= 11 is 0. The van der Waals surface area contributed by atoms with Crippen LogP contribution in [0.1, 0.15) is 26.2 Å². The van der Waals surface area contributed by atoms with Crippen molar-refractivity contribution in [1.29, 1.82) is 0 Å². The van der Waals surface area contributed by atoms with Gasteiger partial charge in [-0.1, -0.05) is 20.1 Å². The molecule has 7 heteroatoms. The molecule has 1 aliphatic carbocycles. The molecule has 144 valence electrons. The zero-order chi connectivity index (χ0) is 19.1. The largest absolute Gasteiger partial charge is 0.385 e. The molecule has 2 rings (SSSR count). The molecular weight excluding hydrogens is 326 g/mol. The molecule has 1 heterocycles. The Morgan fingerprint density at radius 3 is 2.42 bits per heavy atom. The molecule has 1 aliphatic heterocycles. The number of likely N-dealkylation sites (N-methyl/N-ethyl adjacent to an activating group) is 1. The van der Waals surface area contributed by atoms with Gasteiger partial charge in [-0.25, -0.2) is 4.99 Å². The van der Waals surface area contributed by atoms with Crippen LogP contribution in [0.2, 0.25) is 0 Å². The zero-order valence-electron chi connectivity index (χ0n) is 16.1. The molecule has 0 bridgehead atoms. The number of nitrogens with two attached hydrogens (primary N) is 2. The maximum Gasteiger partial charge on any atom is 0.121 e. The molecule has 26 heavy (non-hydrogen) atoms. The Hall–Kier alpha value is -2.25. The summed E-state index contributed by atoms with van der Waals surface area (Å²) in [7, 11) is 2.13. The molecule has 0 aromatic heterocycles. The maximum absolute atomic E-state index is 6.21. The van der Waals surface area contributed by atoms with Gasteiger partial charge >= 0.3 is 0 Å². The Labute approximate surface area is 157 Å². The summed E-state index contributed by atoms with van der Waals surface area (Å²) < 4.78 is 0. The number of rotatable bonds is 9. The average molecular weight is 360 g/mol. The standard InChI is InChI=1S/C19H33N7/c1-5-16(13-22-15(3)26-10-8-25(4)9-11-26)19(20)23-14(2)12-18(24-21)17-6-7-17/h12-13,17,23-24H,2-3,5-11,20-21H2,1,4H3/b18-12-,19-16+,22-13-. The first-order chi connectivity index (χ1) is 12.4. The minimum absolute atomic E-state index is 0.517. The first-order valence-corrected chi connectivity index (χ1v) is 9.23. The zero-order valence-corrected chi connectivity index (χ0v) is 16.1. The summed E-state index contributed by atoms with van der Waals surface area (Å²) in [6.07, 6.45) is 6.80. The van der Waals surface area contributed by atoms with Crippen molar-refractivity contribution in [2.24, 2.45) is 22.5 Å². The van der Waals surface area contributed by atoms with Crippen LogP contribution in [0.3, 0.4) is 0 Å². The first-order valence-electron chi connectivity index (χ1n) is 9.23. The van der Waals surface area contributed by atoms with E-state index in [1.165, 1.54) is 0 Å². The summed E-state index contributed by atoms with van der Waals surface area (Å²) in [6, 6.07) is 0. The van der Waals surface area contributed by atoms with E-state index in [4.69, 9.17) is 11.6 Å². The lowest BCUT2D eigenvalue weighted by Gasteiger charge is -2.33. The molecule has 2 aliphatic rings. The normalized spacial score (nSPS) is 20.1. The lowest BCUT2D eigenvalue weighted by molar-refractivity contribution is 0.186. The van der Waals surface area contributed by atoms with Crippen LogP contribution in [0.25, 0.3) is 0 Å². The second-order valence-electron chi connectivity index (χ2n) is 6.93. The first kappa shape index (κ1) is 20.1. The fourth-order valence-electron chi connectivity index (χ4n) is 2.80. The summed E-state index contributed by atoms with van der Waals surface area (Å²) in [4.78, 5) is 9.02. The van der Waals surface area contributed by atoms with E-state index in [9.17, 15) is 0 Å². The minimum Gasteiger partial charge on any atom is -0.385 e. The Balaban J connectivity index is 1.96. The van der Waals surface area contributed by atoms with Gasteiger partial charge in [-0.2, -0.15) is 0 Å². The van der Waals surface area contributed by atoms with E-state index in [1.54, 1.807) is 6.21 Å². The van der Waals surface area contributed by atoms with Crippen molar-refractivity contribution in [1.82, 2.24) is 20.5 Å². The van der Waals surface area contributed by atoms with Crippen LogP contribution in [-0.4, -0.2) is 49.2 Å². The second-order valence-corrected chi connectivity index (χ2v) is 6.93. The number of nitrogens with zero attached hydrogens (tertiary/aromatic N) is 3. The second kappa shape index (κ2) is 9.45. The molecule has 0 unspecified atom stereocenters. The van der Waals surface area contributed by atoms with Crippen molar-refractivity contribution >= 4 is 6.21 Å². The topological polar surface area (TPSA) is 94.9 Å². The monoisotopic (exact) mass is 359 g/mol. The summed E-state index contributed by atoms with van der Waals surface area (Å²) in [5, 5.41) is 3.14. The lowest BCUT2D eigenvalue weighted by Crippen LogP contribution is -2.43. The Morgan fingerprint density at radius 2 is 1.88 bits per heavy atom. The van der Waals surface area contributed by atoms with E-state index in [0.717, 1.165) is 62.5 Å². The Bertz CT molecular complexity index is 605. The third kappa shape index (κ3) is 5.93. The maximum atomic E-state index is 6.21. The SMILES string of the molecule is C=C(/C=C(\NN)C1CC1)N/C(N)=C(/C=N\C(=C)N1CCN(C)CC1)CC. The summed E-state index contributed by atoms with van der Waals surface area (Å²) in [5.41, 5.74) is 11.6. The van der Waals surface area contributed by atoms with Crippen LogP contribution in [-0.2, 0) is 0 Å². The molecule has 0 aromatic carbocycles. The molecule has 0 atom stereocenters. The predicted octanol–water partition coefficient (Wildman–Crippen LogP) is 1.22. The molecule has 0 radical (unpaired) electrons. The number of hydrogen-bond acceptors (Lipinski definition) is 7. The van der Waals surface area contributed by atoms with Gasteiger partial charge in [0.2, 0.25) is 0 Å². The molecule has 2 fully saturated rings. The highest BCUT2D eigenvalue weighted by molar-refractivity contribution is 5.80. The lowest BCUT2D eigenvalue weighted by atomic mass is 10.2. The van der Waals surface area contributed by atoms with Crippen molar-refractivity contribution in [3.8, 4) is 0 Å². The van der Waals surface area contributed by atoms with Crippen molar-refractivity contribution in [2.75, 3.05) is 33.2 Å².